The molecule has 0 aromatic heterocycles. The molecular weight excluding hydrogens is 378 g/mol. The van der Waals surface area contributed by atoms with Gasteiger partial charge in [0.15, 0.2) is 0 Å². The maximum absolute atomic E-state index is 12.6. The van der Waals surface area contributed by atoms with Crippen molar-refractivity contribution in [2.24, 2.45) is 0 Å². The summed E-state index contributed by atoms with van der Waals surface area (Å²) in [4.78, 5) is 17.6. The third kappa shape index (κ3) is 5.97. The molecule has 0 aliphatic carbocycles. The second-order valence-corrected chi connectivity index (χ2v) is 7.61. The van der Waals surface area contributed by atoms with Crippen molar-refractivity contribution in [1.29, 1.82) is 0 Å². The second kappa shape index (κ2) is 11.0. The van der Waals surface area contributed by atoms with Crippen LogP contribution in [0.25, 0.3) is 0 Å². The van der Waals surface area contributed by atoms with Gasteiger partial charge in [0.2, 0.25) is 5.91 Å². The topological polar surface area (TPSA) is 54.0 Å². The van der Waals surface area contributed by atoms with E-state index in [0.29, 0.717) is 18.0 Å². The summed E-state index contributed by atoms with van der Waals surface area (Å²) < 4.78 is 10.7. The molecule has 0 radical (unpaired) electrons. The zero-order chi connectivity index (χ0) is 21.3. The Labute approximate surface area is 179 Å². The number of ether oxygens (including phenoxy) is 2. The number of likely N-dealkylation sites (N-methyl/N-ethyl adjacent to an activating group) is 1. The van der Waals surface area contributed by atoms with Crippen molar-refractivity contribution in [2.45, 2.75) is 26.4 Å². The Bertz CT molecular complexity index is 832. The van der Waals surface area contributed by atoms with Gasteiger partial charge in [-0.05, 0) is 35.9 Å². The summed E-state index contributed by atoms with van der Waals surface area (Å²) in [5.74, 6) is 1.37. The normalized spacial score (nSPS) is 15.0. The number of nitrogens with zero attached hydrogens (tertiary/aromatic N) is 2. The van der Waals surface area contributed by atoms with E-state index in [9.17, 15) is 4.79 Å². The summed E-state index contributed by atoms with van der Waals surface area (Å²) in [7, 11) is 3.23. The number of benzene rings is 2. The number of hydrogen-bond donors (Lipinski definition) is 1. The lowest BCUT2D eigenvalue weighted by Crippen LogP contribution is -2.45. The van der Waals surface area contributed by atoms with Gasteiger partial charge >= 0.3 is 0 Å². The lowest BCUT2D eigenvalue weighted by atomic mass is 10.1. The molecule has 1 aliphatic rings. The van der Waals surface area contributed by atoms with Gasteiger partial charge in [0, 0.05) is 44.8 Å². The minimum Gasteiger partial charge on any atom is -0.497 e. The van der Waals surface area contributed by atoms with E-state index in [1.807, 2.05) is 24.3 Å². The Hall–Kier alpha value is -2.57. The number of rotatable bonds is 9. The molecule has 2 aromatic rings. The molecule has 30 heavy (non-hydrogen) atoms. The predicted octanol–water partition coefficient (Wildman–Crippen LogP) is 2.70. The Morgan fingerprint density at radius 3 is 2.30 bits per heavy atom. The largest absolute Gasteiger partial charge is 0.497 e. The lowest BCUT2D eigenvalue weighted by Gasteiger charge is -2.34. The van der Waals surface area contributed by atoms with Gasteiger partial charge in [-0.15, -0.1) is 0 Å². The molecular formula is C24H33N3O3. The van der Waals surface area contributed by atoms with Gasteiger partial charge in [0.05, 0.1) is 20.6 Å². The lowest BCUT2D eigenvalue weighted by molar-refractivity contribution is -0.120. The molecule has 1 N–H and O–H groups in total. The van der Waals surface area contributed by atoms with Crippen molar-refractivity contribution in [1.82, 2.24) is 15.1 Å². The van der Waals surface area contributed by atoms with Crippen LogP contribution in [0.15, 0.2) is 42.5 Å². The summed E-state index contributed by atoms with van der Waals surface area (Å²) in [6.45, 7) is 9.21. The molecule has 6 heteroatoms. The third-order valence-electron chi connectivity index (χ3n) is 5.74. The van der Waals surface area contributed by atoms with Crippen LogP contribution in [0, 0.1) is 0 Å². The Morgan fingerprint density at radius 1 is 0.933 bits per heavy atom. The molecule has 1 aliphatic heterocycles. The fourth-order valence-electron chi connectivity index (χ4n) is 3.84. The van der Waals surface area contributed by atoms with Gasteiger partial charge in [-0.1, -0.05) is 31.2 Å². The SMILES string of the molecule is CCN1CCN(Cc2ccccc2CNC(=O)Cc2cc(OC)ccc2OC)CC1. The first-order valence-electron chi connectivity index (χ1n) is 10.6. The van der Waals surface area contributed by atoms with Crippen LogP contribution in [0.1, 0.15) is 23.6 Å². The van der Waals surface area contributed by atoms with Crippen LogP contribution in [-0.2, 0) is 24.3 Å². The van der Waals surface area contributed by atoms with E-state index < -0.39 is 0 Å². The van der Waals surface area contributed by atoms with Crippen molar-refractivity contribution < 1.29 is 14.3 Å². The van der Waals surface area contributed by atoms with Crippen molar-refractivity contribution >= 4 is 5.91 Å². The van der Waals surface area contributed by atoms with Gasteiger partial charge in [0.25, 0.3) is 0 Å². The maximum Gasteiger partial charge on any atom is 0.224 e. The molecule has 1 heterocycles. The van der Waals surface area contributed by atoms with E-state index in [-0.39, 0.29) is 12.3 Å². The minimum absolute atomic E-state index is 0.0343. The predicted molar refractivity (Wildman–Crippen MR) is 119 cm³/mol. The summed E-state index contributed by atoms with van der Waals surface area (Å²) >= 11 is 0. The number of amides is 1. The Balaban J connectivity index is 1.58. The summed E-state index contributed by atoms with van der Waals surface area (Å²) in [6, 6.07) is 13.9. The van der Waals surface area contributed by atoms with Gasteiger partial charge in [-0.2, -0.15) is 0 Å². The average Bonchev–Trinajstić information content (AvgIpc) is 2.79. The molecule has 0 atom stereocenters. The summed E-state index contributed by atoms with van der Waals surface area (Å²) in [5, 5.41) is 3.07. The third-order valence-corrected chi connectivity index (χ3v) is 5.74. The monoisotopic (exact) mass is 411 g/mol. The van der Waals surface area contributed by atoms with Crippen LogP contribution in [0.2, 0.25) is 0 Å². The average molecular weight is 412 g/mol. The number of methoxy groups -OCH3 is 2. The van der Waals surface area contributed by atoms with Crippen LogP contribution in [-0.4, -0.2) is 62.7 Å². The summed E-state index contributed by atoms with van der Waals surface area (Å²) in [6.07, 6.45) is 0.252. The van der Waals surface area contributed by atoms with E-state index in [2.05, 4.69) is 40.2 Å². The van der Waals surface area contributed by atoms with E-state index in [1.165, 1.54) is 11.1 Å². The van der Waals surface area contributed by atoms with Crippen molar-refractivity contribution in [3.8, 4) is 11.5 Å². The second-order valence-electron chi connectivity index (χ2n) is 7.61. The Morgan fingerprint density at radius 2 is 1.63 bits per heavy atom. The molecule has 162 valence electrons. The minimum atomic E-state index is -0.0343. The molecule has 0 unspecified atom stereocenters. The van der Waals surface area contributed by atoms with Crippen LogP contribution >= 0.6 is 0 Å². The quantitative estimate of drug-likeness (QED) is 0.688. The molecule has 3 rings (SSSR count). The first-order valence-corrected chi connectivity index (χ1v) is 10.6. The van der Waals surface area contributed by atoms with E-state index in [0.717, 1.165) is 44.8 Å². The number of carbonyl (C=O) groups excluding carboxylic acids is 1. The molecule has 0 bridgehead atoms. The van der Waals surface area contributed by atoms with Crippen molar-refractivity contribution in [3.05, 3.63) is 59.2 Å². The first kappa shape index (κ1) is 22.1. The van der Waals surface area contributed by atoms with Gasteiger partial charge in [-0.25, -0.2) is 0 Å². The fourth-order valence-corrected chi connectivity index (χ4v) is 3.84. The number of carbonyl (C=O) groups is 1. The highest BCUT2D eigenvalue weighted by molar-refractivity contribution is 5.79. The van der Waals surface area contributed by atoms with Crippen LogP contribution < -0.4 is 14.8 Å². The van der Waals surface area contributed by atoms with Crippen LogP contribution in [0.4, 0.5) is 0 Å². The maximum atomic E-state index is 12.6. The molecule has 2 aromatic carbocycles. The summed E-state index contributed by atoms with van der Waals surface area (Å²) in [5.41, 5.74) is 3.26. The molecule has 6 nitrogen and oxygen atoms in total. The molecule has 1 amide bonds. The zero-order valence-corrected chi connectivity index (χ0v) is 18.3. The highest BCUT2D eigenvalue weighted by Gasteiger charge is 2.17. The van der Waals surface area contributed by atoms with Crippen LogP contribution in [0.5, 0.6) is 11.5 Å². The zero-order valence-electron chi connectivity index (χ0n) is 18.3. The standard InChI is InChI=1S/C24H33N3O3/c1-4-26-11-13-27(14-12-26)18-20-8-6-5-7-19(20)17-25-24(28)16-21-15-22(29-2)9-10-23(21)30-3/h5-10,15H,4,11-14,16-18H2,1-3H3,(H,25,28). The molecule has 0 saturated carbocycles. The van der Waals surface area contributed by atoms with Gasteiger partial charge in [-0.3, -0.25) is 9.69 Å². The molecule has 0 spiro atoms. The highest BCUT2D eigenvalue weighted by atomic mass is 16.5. The fraction of sp³-hybridized carbons (Fsp3) is 0.458. The number of nitrogens with one attached hydrogen (secondary N) is 1. The van der Waals surface area contributed by atoms with Gasteiger partial charge in [0.1, 0.15) is 11.5 Å². The van der Waals surface area contributed by atoms with E-state index >= 15 is 0 Å². The number of piperazine rings is 1. The van der Waals surface area contributed by atoms with E-state index in [4.69, 9.17) is 9.47 Å². The molecule has 1 saturated heterocycles. The van der Waals surface area contributed by atoms with E-state index in [1.54, 1.807) is 14.2 Å². The highest BCUT2D eigenvalue weighted by Crippen LogP contribution is 2.24. The van der Waals surface area contributed by atoms with Crippen molar-refractivity contribution in [2.75, 3.05) is 46.9 Å². The first-order chi connectivity index (χ1) is 14.6. The van der Waals surface area contributed by atoms with Crippen LogP contribution in [0.3, 0.4) is 0 Å². The van der Waals surface area contributed by atoms with Gasteiger partial charge < -0.3 is 19.7 Å². The number of hydrogen-bond acceptors (Lipinski definition) is 5. The van der Waals surface area contributed by atoms with Crippen molar-refractivity contribution in [3.63, 3.8) is 0 Å². The molecule has 1 fully saturated rings. The smallest absolute Gasteiger partial charge is 0.224 e. The Kier molecular flexibility index (Phi) is 8.11.